The predicted octanol–water partition coefficient (Wildman–Crippen LogP) is 6.16. The standard InChI is InChI=1S/C25H22F2N2O5S/c1-3-31-25(30)34-21-10-29-24(28)22-16(13-35-23(21)22)12-33-19-7-14(2)6-18(9-19)32-11-15-4-5-17(26)8-20(15)27/h4-10,13H,3,11-12H2,1-2H3,(H2,28,29). The number of hydrogen-bond donors (Lipinski definition) is 1. The zero-order valence-electron chi connectivity index (χ0n) is 19.0. The Bertz CT molecular complexity index is 1380. The zero-order valence-corrected chi connectivity index (χ0v) is 19.8. The summed E-state index contributed by atoms with van der Waals surface area (Å²) >= 11 is 1.34. The largest absolute Gasteiger partial charge is 0.513 e. The van der Waals surface area contributed by atoms with Crippen molar-refractivity contribution in [1.29, 1.82) is 0 Å². The monoisotopic (exact) mass is 500 g/mol. The molecule has 0 bridgehead atoms. The number of benzene rings is 2. The number of aryl methyl sites for hydroxylation is 1. The first-order valence-corrected chi connectivity index (χ1v) is 11.5. The molecule has 0 aliphatic carbocycles. The minimum Gasteiger partial charge on any atom is -0.489 e. The average Bonchev–Trinajstić information content (AvgIpc) is 3.24. The lowest BCUT2D eigenvalue weighted by atomic mass is 10.2. The van der Waals surface area contributed by atoms with E-state index in [1.54, 1.807) is 19.1 Å². The Balaban J connectivity index is 1.49. The first kappa shape index (κ1) is 24.2. The van der Waals surface area contributed by atoms with Crippen LogP contribution in [0.3, 0.4) is 0 Å². The molecular formula is C25H22F2N2O5S. The highest BCUT2D eigenvalue weighted by Crippen LogP contribution is 2.37. The Morgan fingerprint density at radius 1 is 1.06 bits per heavy atom. The van der Waals surface area contributed by atoms with E-state index in [0.29, 0.717) is 21.6 Å². The number of aromatic nitrogens is 1. The van der Waals surface area contributed by atoms with Crippen molar-refractivity contribution in [3.8, 4) is 17.2 Å². The number of carbonyl (C=O) groups is 1. The van der Waals surface area contributed by atoms with Crippen LogP contribution in [-0.2, 0) is 18.0 Å². The van der Waals surface area contributed by atoms with Crippen molar-refractivity contribution in [2.75, 3.05) is 12.3 Å². The van der Waals surface area contributed by atoms with Gasteiger partial charge in [0, 0.05) is 28.6 Å². The number of halogens is 2. The van der Waals surface area contributed by atoms with Gasteiger partial charge in [0.2, 0.25) is 0 Å². The van der Waals surface area contributed by atoms with E-state index in [9.17, 15) is 13.6 Å². The quantitative estimate of drug-likeness (QED) is 0.290. The fraction of sp³-hybridized carbons (Fsp3) is 0.200. The van der Waals surface area contributed by atoms with Crippen LogP contribution in [0.25, 0.3) is 10.1 Å². The summed E-state index contributed by atoms with van der Waals surface area (Å²) in [5.41, 5.74) is 7.97. The van der Waals surface area contributed by atoms with Crippen molar-refractivity contribution in [3.63, 3.8) is 0 Å². The topological polar surface area (TPSA) is 92.9 Å². The highest BCUT2D eigenvalue weighted by Gasteiger charge is 2.17. The Kier molecular flexibility index (Phi) is 7.31. The van der Waals surface area contributed by atoms with Gasteiger partial charge in [0.1, 0.15) is 42.2 Å². The Morgan fingerprint density at radius 2 is 1.77 bits per heavy atom. The van der Waals surface area contributed by atoms with Gasteiger partial charge < -0.3 is 24.7 Å². The van der Waals surface area contributed by atoms with Crippen LogP contribution in [0, 0.1) is 18.6 Å². The first-order chi connectivity index (χ1) is 16.8. The summed E-state index contributed by atoms with van der Waals surface area (Å²) < 4.78 is 49.4. The smallest absolute Gasteiger partial charge is 0.489 e. The number of nitrogens with zero attached hydrogens (tertiary/aromatic N) is 1. The number of ether oxygens (including phenoxy) is 4. The first-order valence-electron chi connectivity index (χ1n) is 10.6. The summed E-state index contributed by atoms with van der Waals surface area (Å²) in [4.78, 5) is 15.9. The predicted molar refractivity (Wildman–Crippen MR) is 128 cm³/mol. The van der Waals surface area contributed by atoms with Gasteiger partial charge in [-0.3, -0.25) is 0 Å². The third kappa shape index (κ3) is 5.78. The van der Waals surface area contributed by atoms with E-state index < -0.39 is 17.8 Å². The number of hydrogen-bond acceptors (Lipinski definition) is 8. The zero-order chi connectivity index (χ0) is 24.9. The molecule has 0 spiro atoms. The summed E-state index contributed by atoms with van der Waals surface area (Å²) in [6.45, 7) is 3.86. The maximum absolute atomic E-state index is 13.9. The van der Waals surface area contributed by atoms with Gasteiger partial charge in [-0.15, -0.1) is 11.3 Å². The van der Waals surface area contributed by atoms with Gasteiger partial charge in [-0.05, 0) is 49.1 Å². The van der Waals surface area contributed by atoms with Crippen LogP contribution in [0.4, 0.5) is 19.4 Å². The maximum atomic E-state index is 13.9. The molecule has 0 aliphatic rings. The Morgan fingerprint density at radius 3 is 2.46 bits per heavy atom. The molecule has 0 saturated carbocycles. The molecule has 0 atom stereocenters. The van der Waals surface area contributed by atoms with Crippen LogP contribution < -0.4 is 19.9 Å². The minimum absolute atomic E-state index is 0.0599. The molecule has 182 valence electrons. The normalized spacial score (nSPS) is 10.9. The van der Waals surface area contributed by atoms with Crippen molar-refractivity contribution in [2.24, 2.45) is 0 Å². The van der Waals surface area contributed by atoms with E-state index in [1.807, 2.05) is 18.4 Å². The van der Waals surface area contributed by atoms with Crippen molar-refractivity contribution >= 4 is 33.4 Å². The number of thiophene rings is 1. The van der Waals surface area contributed by atoms with Crippen LogP contribution in [0.2, 0.25) is 0 Å². The van der Waals surface area contributed by atoms with Gasteiger partial charge in [-0.25, -0.2) is 18.6 Å². The van der Waals surface area contributed by atoms with E-state index >= 15 is 0 Å². The third-order valence-corrected chi connectivity index (χ3v) is 6.00. The van der Waals surface area contributed by atoms with Crippen molar-refractivity contribution in [2.45, 2.75) is 27.1 Å². The molecule has 0 amide bonds. The lowest BCUT2D eigenvalue weighted by Crippen LogP contribution is -2.10. The number of nitrogens with two attached hydrogens (primary N) is 1. The van der Waals surface area contributed by atoms with E-state index in [4.69, 9.17) is 24.7 Å². The molecule has 0 saturated heterocycles. The molecule has 0 unspecified atom stereocenters. The number of carbonyl (C=O) groups excluding carboxylic acids is 1. The number of anilines is 1. The molecule has 0 fully saturated rings. The summed E-state index contributed by atoms with van der Waals surface area (Å²) in [5.74, 6) is 0.230. The highest BCUT2D eigenvalue weighted by molar-refractivity contribution is 7.17. The van der Waals surface area contributed by atoms with E-state index in [-0.39, 0.29) is 37.0 Å². The molecule has 10 heteroatoms. The summed E-state index contributed by atoms with van der Waals surface area (Å²) in [7, 11) is 0. The summed E-state index contributed by atoms with van der Waals surface area (Å²) in [5, 5.41) is 2.48. The molecule has 2 aromatic carbocycles. The van der Waals surface area contributed by atoms with Gasteiger partial charge in [0.25, 0.3) is 0 Å². The molecule has 7 nitrogen and oxygen atoms in total. The third-order valence-electron chi connectivity index (χ3n) is 4.95. The second-order valence-corrected chi connectivity index (χ2v) is 8.43. The number of fused-ring (bicyclic) bond motifs is 1. The van der Waals surface area contributed by atoms with Crippen LogP contribution in [0.5, 0.6) is 17.2 Å². The fourth-order valence-corrected chi connectivity index (χ4v) is 4.37. The molecular weight excluding hydrogens is 478 g/mol. The highest BCUT2D eigenvalue weighted by atomic mass is 32.1. The van der Waals surface area contributed by atoms with Crippen LogP contribution in [0.1, 0.15) is 23.6 Å². The fourth-order valence-electron chi connectivity index (χ4n) is 3.36. The van der Waals surface area contributed by atoms with E-state index in [2.05, 4.69) is 4.98 Å². The lowest BCUT2D eigenvalue weighted by Gasteiger charge is -2.12. The van der Waals surface area contributed by atoms with E-state index in [1.165, 1.54) is 29.7 Å². The second-order valence-electron chi connectivity index (χ2n) is 7.55. The molecule has 35 heavy (non-hydrogen) atoms. The van der Waals surface area contributed by atoms with Gasteiger partial charge in [-0.2, -0.15) is 0 Å². The summed E-state index contributed by atoms with van der Waals surface area (Å²) in [6.07, 6.45) is 0.559. The minimum atomic E-state index is -0.820. The molecule has 2 heterocycles. The van der Waals surface area contributed by atoms with Crippen LogP contribution in [-0.4, -0.2) is 17.7 Å². The molecule has 4 aromatic rings. The van der Waals surface area contributed by atoms with Gasteiger partial charge in [-0.1, -0.05) is 0 Å². The second kappa shape index (κ2) is 10.6. The Hall–Kier alpha value is -3.92. The van der Waals surface area contributed by atoms with Crippen LogP contribution in [0.15, 0.2) is 48.0 Å². The average molecular weight is 501 g/mol. The van der Waals surface area contributed by atoms with Gasteiger partial charge in [0.05, 0.1) is 17.5 Å². The lowest BCUT2D eigenvalue weighted by molar-refractivity contribution is 0.105. The van der Waals surface area contributed by atoms with Crippen molar-refractivity contribution in [3.05, 3.63) is 76.3 Å². The Labute approximate surface area is 204 Å². The van der Waals surface area contributed by atoms with Crippen molar-refractivity contribution < 1.29 is 32.5 Å². The molecule has 0 aliphatic heterocycles. The number of rotatable bonds is 8. The van der Waals surface area contributed by atoms with Gasteiger partial charge in [0.15, 0.2) is 5.75 Å². The molecule has 2 aromatic heterocycles. The molecule has 4 rings (SSSR count). The van der Waals surface area contributed by atoms with Crippen molar-refractivity contribution in [1.82, 2.24) is 4.98 Å². The van der Waals surface area contributed by atoms with Crippen LogP contribution >= 0.6 is 11.3 Å². The molecule has 0 radical (unpaired) electrons. The maximum Gasteiger partial charge on any atom is 0.513 e. The summed E-state index contributed by atoms with van der Waals surface area (Å²) in [6, 6.07) is 8.64. The number of pyridine rings is 1. The number of nitrogen functional groups attached to an aromatic ring is 1. The van der Waals surface area contributed by atoms with E-state index in [0.717, 1.165) is 17.2 Å². The SMILES string of the molecule is CCOC(=O)Oc1cnc(N)c2c(COc3cc(C)cc(OCc4ccc(F)cc4F)c3)csc12. The molecule has 2 N–H and O–H groups in total. The van der Waals surface area contributed by atoms with Gasteiger partial charge >= 0.3 is 6.16 Å².